The van der Waals surface area contributed by atoms with Crippen molar-refractivity contribution in [3.63, 3.8) is 0 Å². The maximum Gasteiger partial charge on any atom is 0.253 e. The Morgan fingerprint density at radius 3 is 2.43 bits per heavy atom. The van der Waals surface area contributed by atoms with E-state index < -0.39 is 6.04 Å². The van der Waals surface area contributed by atoms with Gasteiger partial charge in [0.1, 0.15) is 0 Å². The Hall–Kier alpha value is -3.38. The summed E-state index contributed by atoms with van der Waals surface area (Å²) < 4.78 is 5.03. The van der Waals surface area contributed by atoms with E-state index in [4.69, 9.17) is 16.3 Å². The highest BCUT2D eigenvalue weighted by molar-refractivity contribution is 6.33. The van der Waals surface area contributed by atoms with Crippen LogP contribution in [0.15, 0.2) is 72.9 Å². The van der Waals surface area contributed by atoms with Crippen LogP contribution in [-0.4, -0.2) is 23.9 Å². The van der Waals surface area contributed by atoms with Gasteiger partial charge in [-0.25, -0.2) is 4.98 Å². The highest BCUT2D eigenvalue weighted by atomic mass is 35.5. The Morgan fingerprint density at radius 2 is 1.77 bits per heavy atom. The van der Waals surface area contributed by atoms with Gasteiger partial charge in [0.25, 0.3) is 5.91 Å². The number of ether oxygens (including phenoxy) is 1. The van der Waals surface area contributed by atoms with Crippen molar-refractivity contribution in [3.8, 4) is 5.88 Å². The number of hydrogen-bond donors (Lipinski definition) is 2. The number of nitrogens with zero attached hydrogens (tertiary/aromatic N) is 1. The van der Waals surface area contributed by atoms with Gasteiger partial charge in [0, 0.05) is 18.8 Å². The third kappa shape index (κ3) is 5.81. The third-order valence-electron chi connectivity index (χ3n) is 4.51. The normalized spacial score (nSPS) is 11.4. The van der Waals surface area contributed by atoms with Crippen LogP contribution in [0.4, 0.5) is 0 Å². The van der Waals surface area contributed by atoms with Crippen molar-refractivity contribution >= 4 is 23.4 Å². The summed E-state index contributed by atoms with van der Waals surface area (Å²) in [6, 6.07) is 19.2. The average molecular weight is 424 g/mol. The molecule has 30 heavy (non-hydrogen) atoms. The molecule has 0 saturated heterocycles. The van der Waals surface area contributed by atoms with Gasteiger partial charge in [-0.1, -0.05) is 60.1 Å². The molecular weight excluding hydrogens is 402 g/mol. The van der Waals surface area contributed by atoms with Crippen LogP contribution in [-0.2, 0) is 11.3 Å². The Morgan fingerprint density at radius 1 is 1.03 bits per heavy atom. The molecule has 0 bridgehead atoms. The number of aromatic nitrogens is 1. The highest BCUT2D eigenvalue weighted by Crippen LogP contribution is 2.20. The molecule has 7 heteroatoms. The zero-order valence-corrected chi connectivity index (χ0v) is 17.2. The van der Waals surface area contributed by atoms with E-state index in [0.29, 0.717) is 23.0 Å². The van der Waals surface area contributed by atoms with Crippen LogP contribution >= 0.6 is 11.6 Å². The maximum atomic E-state index is 12.7. The monoisotopic (exact) mass is 423 g/mol. The van der Waals surface area contributed by atoms with Crippen molar-refractivity contribution in [2.45, 2.75) is 19.0 Å². The first kappa shape index (κ1) is 21.3. The lowest BCUT2D eigenvalue weighted by molar-refractivity contribution is -0.121. The summed E-state index contributed by atoms with van der Waals surface area (Å²) >= 11 is 6.14. The molecule has 2 aromatic carbocycles. The molecule has 3 aromatic rings. The number of rotatable bonds is 8. The molecule has 1 aromatic heterocycles. The van der Waals surface area contributed by atoms with Crippen molar-refractivity contribution in [1.82, 2.24) is 15.6 Å². The number of nitrogens with one attached hydrogen (secondary N) is 2. The molecule has 0 spiro atoms. The first-order valence-electron chi connectivity index (χ1n) is 9.43. The lowest BCUT2D eigenvalue weighted by Gasteiger charge is -2.19. The molecule has 3 rings (SSSR count). The quantitative estimate of drug-likeness (QED) is 0.575. The largest absolute Gasteiger partial charge is 0.481 e. The van der Waals surface area contributed by atoms with E-state index in [0.717, 1.165) is 11.1 Å². The molecule has 2 amide bonds. The van der Waals surface area contributed by atoms with E-state index in [1.165, 1.54) is 0 Å². The fourth-order valence-corrected chi connectivity index (χ4v) is 3.13. The van der Waals surface area contributed by atoms with Gasteiger partial charge in [-0.05, 0) is 23.3 Å². The first-order chi connectivity index (χ1) is 14.6. The van der Waals surface area contributed by atoms with Gasteiger partial charge in [-0.15, -0.1) is 0 Å². The molecule has 0 fully saturated rings. The second kappa shape index (κ2) is 10.4. The van der Waals surface area contributed by atoms with Crippen molar-refractivity contribution in [2.24, 2.45) is 0 Å². The zero-order valence-electron chi connectivity index (χ0n) is 16.5. The van der Waals surface area contributed by atoms with E-state index in [1.807, 2.05) is 36.4 Å². The minimum absolute atomic E-state index is 0.0871. The molecular formula is C23H22ClN3O3. The lowest BCUT2D eigenvalue weighted by atomic mass is 10.0. The van der Waals surface area contributed by atoms with Crippen molar-refractivity contribution in [3.05, 3.63) is 94.6 Å². The first-order valence-corrected chi connectivity index (χ1v) is 9.80. The fraction of sp³-hybridized carbons (Fsp3) is 0.174. The summed E-state index contributed by atoms with van der Waals surface area (Å²) in [7, 11) is 1.55. The molecule has 0 aliphatic rings. The van der Waals surface area contributed by atoms with Crippen LogP contribution in [0.3, 0.4) is 0 Å². The van der Waals surface area contributed by atoms with E-state index in [-0.39, 0.29) is 18.2 Å². The second-order valence-corrected chi connectivity index (χ2v) is 7.01. The lowest BCUT2D eigenvalue weighted by Crippen LogP contribution is -2.33. The maximum absolute atomic E-state index is 12.7. The van der Waals surface area contributed by atoms with Gasteiger partial charge in [0.2, 0.25) is 11.8 Å². The van der Waals surface area contributed by atoms with Gasteiger partial charge < -0.3 is 15.4 Å². The Balaban J connectivity index is 1.67. The van der Waals surface area contributed by atoms with Gasteiger partial charge in [-0.3, -0.25) is 9.59 Å². The number of pyridine rings is 1. The minimum atomic E-state index is -0.496. The van der Waals surface area contributed by atoms with Gasteiger partial charge in [0.05, 0.1) is 30.2 Å². The number of benzene rings is 2. The summed E-state index contributed by atoms with van der Waals surface area (Å²) in [5.74, 6) is -0.0164. The van der Waals surface area contributed by atoms with E-state index in [9.17, 15) is 9.59 Å². The van der Waals surface area contributed by atoms with Crippen LogP contribution in [0, 0.1) is 0 Å². The molecule has 0 radical (unpaired) electrons. The third-order valence-corrected chi connectivity index (χ3v) is 4.84. The molecule has 1 unspecified atom stereocenters. The van der Waals surface area contributed by atoms with Crippen LogP contribution in [0.1, 0.15) is 33.9 Å². The molecule has 1 atom stereocenters. The molecule has 0 saturated carbocycles. The number of amides is 2. The predicted octanol–water partition coefficient (Wildman–Crippen LogP) is 3.92. The topological polar surface area (TPSA) is 80.3 Å². The standard InChI is InChI=1S/C23H22ClN3O3/c1-30-22-12-11-16(15-26-22)14-25-21(28)13-20(17-7-3-2-4-8-17)27-23(29)18-9-5-6-10-19(18)24/h2-12,15,20H,13-14H2,1H3,(H,25,28)(H,27,29). The average Bonchev–Trinajstić information content (AvgIpc) is 2.78. The number of halogens is 1. The van der Waals surface area contributed by atoms with Crippen LogP contribution in [0.25, 0.3) is 0 Å². The van der Waals surface area contributed by atoms with E-state index >= 15 is 0 Å². The molecule has 6 nitrogen and oxygen atoms in total. The van der Waals surface area contributed by atoms with Crippen molar-refractivity contribution < 1.29 is 14.3 Å². The van der Waals surface area contributed by atoms with Crippen LogP contribution in [0.5, 0.6) is 5.88 Å². The van der Waals surface area contributed by atoms with Gasteiger partial charge in [0.15, 0.2) is 0 Å². The fourth-order valence-electron chi connectivity index (χ4n) is 2.91. The second-order valence-electron chi connectivity index (χ2n) is 6.61. The highest BCUT2D eigenvalue weighted by Gasteiger charge is 2.20. The number of methoxy groups -OCH3 is 1. The SMILES string of the molecule is COc1ccc(CNC(=O)CC(NC(=O)c2ccccc2Cl)c2ccccc2)cn1. The summed E-state index contributed by atoms with van der Waals surface area (Å²) in [5, 5.41) is 6.14. The molecule has 2 N–H and O–H groups in total. The molecule has 1 heterocycles. The smallest absolute Gasteiger partial charge is 0.253 e. The number of hydrogen-bond acceptors (Lipinski definition) is 4. The van der Waals surface area contributed by atoms with E-state index in [1.54, 1.807) is 43.6 Å². The Kier molecular flexibility index (Phi) is 7.40. The Labute approximate surface area is 180 Å². The number of carbonyl (C=O) groups is 2. The summed E-state index contributed by atoms with van der Waals surface area (Å²) in [4.78, 5) is 29.4. The van der Waals surface area contributed by atoms with Crippen LogP contribution in [0.2, 0.25) is 5.02 Å². The van der Waals surface area contributed by atoms with E-state index in [2.05, 4.69) is 15.6 Å². The molecule has 154 valence electrons. The number of carbonyl (C=O) groups excluding carboxylic acids is 2. The summed E-state index contributed by atoms with van der Waals surface area (Å²) in [6.07, 6.45) is 1.73. The predicted molar refractivity (Wildman–Crippen MR) is 115 cm³/mol. The van der Waals surface area contributed by atoms with Gasteiger partial charge in [-0.2, -0.15) is 0 Å². The van der Waals surface area contributed by atoms with Crippen molar-refractivity contribution in [1.29, 1.82) is 0 Å². The molecule has 0 aliphatic carbocycles. The molecule has 0 aliphatic heterocycles. The van der Waals surface area contributed by atoms with Crippen LogP contribution < -0.4 is 15.4 Å². The van der Waals surface area contributed by atoms with Crippen molar-refractivity contribution in [2.75, 3.05) is 7.11 Å². The minimum Gasteiger partial charge on any atom is -0.481 e. The zero-order chi connectivity index (χ0) is 21.3. The summed E-state index contributed by atoms with van der Waals surface area (Å²) in [5.41, 5.74) is 2.05. The summed E-state index contributed by atoms with van der Waals surface area (Å²) in [6.45, 7) is 0.329. The Bertz CT molecular complexity index is 994. The van der Waals surface area contributed by atoms with Gasteiger partial charge >= 0.3 is 0 Å².